The molecule has 0 aromatic carbocycles. The fourth-order valence-electron chi connectivity index (χ4n) is 1.94. The van der Waals surface area contributed by atoms with Crippen molar-refractivity contribution >= 4 is 11.6 Å². The summed E-state index contributed by atoms with van der Waals surface area (Å²) in [6.45, 7) is 4.36. The molecule has 2 heterocycles. The molecule has 8 heteroatoms. The van der Waals surface area contributed by atoms with Gasteiger partial charge < -0.3 is 14.8 Å². The van der Waals surface area contributed by atoms with Crippen LogP contribution in [-0.4, -0.2) is 41.3 Å². The maximum atomic E-state index is 10.9. The molecule has 1 aliphatic rings. The van der Waals surface area contributed by atoms with Gasteiger partial charge in [-0.3, -0.25) is 10.1 Å². The summed E-state index contributed by atoms with van der Waals surface area (Å²) in [4.78, 5) is 18.3. The lowest BCUT2D eigenvalue weighted by molar-refractivity contribution is -0.386. The average Bonchev–Trinajstić information content (AvgIpc) is 2.46. The van der Waals surface area contributed by atoms with Gasteiger partial charge in [-0.1, -0.05) is 0 Å². The van der Waals surface area contributed by atoms with Gasteiger partial charge in [-0.05, 0) is 25.7 Å². The molecule has 0 saturated carbocycles. The van der Waals surface area contributed by atoms with Crippen LogP contribution in [0.4, 0.5) is 11.6 Å². The first-order valence-corrected chi connectivity index (χ1v) is 6.66. The van der Waals surface area contributed by atoms with Crippen LogP contribution < -0.4 is 10.1 Å². The molecule has 0 spiro atoms. The normalized spacial score (nSPS) is 15.8. The fraction of sp³-hybridized carbons (Fsp3) is 0.667. The predicted octanol–water partition coefficient (Wildman–Crippen LogP) is 1.62. The Kier molecular flexibility index (Phi) is 5.05. The summed E-state index contributed by atoms with van der Waals surface area (Å²) >= 11 is 0. The van der Waals surface area contributed by atoms with Gasteiger partial charge in [-0.2, -0.15) is 4.98 Å². The van der Waals surface area contributed by atoms with Crippen LogP contribution in [0.25, 0.3) is 0 Å². The van der Waals surface area contributed by atoms with Gasteiger partial charge in [-0.15, -0.1) is 0 Å². The molecule has 1 fully saturated rings. The van der Waals surface area contributed by atoms with Gasteiger partial charge >= 0.3 is 5.69 Å². The second-order valence-corrected chi connectivity index (χ2v) is 4.54. The number of ether oxygens (including phenoxy) is 2. The van der Waals surface area contributed by atoms with Crippen molar-refractivity contribution in [3.8, 4) is 5.88 Å². The van der Waals surface area contributed by atoms with Crippen LogP contribution in [0.1, 0.15) is 19.8 Å². The van der Waals surface area contributed by atoms with Gasteiger partial charge in [0.1, 0.15) is 6.20 Å². The second kappa shape index (κ2) is 6.99. The molecule has 1 aromatic rings. The van der Waals surface area contributed by atoms with Crippen LogP contribution in [0.15, 0.2) is 6.20 Å². The Morgan fingerprint density at radius 1 is 1.55 bits per heavy atom. The molecule has 0 unspecified atom stereocenters. The first kappa shape index (κ1) is 14.4. The standard InChI is InChI=1S/C12H18N4O4/c1-2-13-12-14-7-10(16(17)18)11(15-12)20-8-9-3-5-19-6-4-9/h7,9H,2-6,8H2,1H3,(H,13,14,15). The van der Waals surface area contributed by atoms with Crippen LogP contribution in [0, 0.1) is 16.0 Å². The van der Waals surface area contributed by atoms with E-state index in [0.717, 1.165) is 12.8 Å². The number of hydrogen-bond acceptors (Lipinski definition) is 7. The van der Waals surface area contributed by atoms with Gasteiger partial charge in [-0.25, -0.2) is 4.98 Å². The van der Waals surface area contributed by atoms with Gasteiger partial charge in [0.05, 0.1) is 11.5 Å². The number of nitrogens with zero attached hydrogens (tertiary/aromatic N) is 3. The summed E-state index contributed by atoms with van der Waals surface area (Å²) in [6, 6.07) is 0. The van der Waals surface area contributed by atoms with Gasteiger partial charge in [0.15, 0.2) is 0 Å². The summed E-state index contributed by atoms with van der Waals surface area (Å²) in [7, 11) is 0. The smallest absolute Gasteiger partial charge is 0.349 e. The molecule has 1 aliphatic heterocycles. The Labute approximate surface area is 116 Å². The Morgan fingerprint density at radius 2 is 2.30 bits per heavy atom. The first-order valence-electron chi connectivity index (χ1n) is 6.66. The highest BCUT2D eigenvalue weighted by molar-refractivity contribution is 5.43. The zero-order valence-electron chi connectivity index (χ0n) is 11.4. The largest absolute Gasteiger partial charge is 0.472 e. The lowest BCUT2D eigenvalue weighted by atomic mass is 10.0. The van der Waals surface area contributed by atoms with Crippen LogP contribution in [0.5, 0.6) is 5.88 Å². The van der Waals surface area contributed by atoms with Crippen molar-refractivity contribution in [1.82, 2.24) is 9.97 Å². The van der Waals surface area contributed by atoms with E-state index >= 15 is 0 Å². The van der Waals surface area contributed by atoms with Crippen molar-refractivity contribution in [2.24, 2.45) is 5.92 Å². The summed E-state index contributed by atoms with van der Waals surface area (Å²) in [5, 5.41) is 13.9. The monoisotopic (exact) mass is 282 g/mol. The first-order chi connectivity index (χ1) is 9.70. The Morgan fingerprint density at radius 3 is 2.95 bits per heavy atom. The fourth-order valence-corrected chi connectivity index (χ4v) is 1.94. The topological polar surface area (TPSA) is 99.4 Å². The number of nitrogens with one attached hydrogen (secondary N) is 1. The van der Waals surface area contributed by atoms with Crippen molar-refractivity contribution in [2.75, 3.05) is 31.7 Å². The van der Waals surface area contributed by atoms with E-state index in [1.807, 2.05) is 6.92 Å². The van der Waals surface area contributed by atoms with Crippen LogP contribution in [0.3, 0.4) is 0 Å². The highest BCUT2D eigenvalue weighted by Gasteiger charge is 2.21. The van der Waals surface area contributed by atoms with E-state index in [0.29, 0.717) is 38.2 Å². The average molecular weight is 282 g/mol. The van der Waals surface area contributed by atoms with Crippen molar-refractivity contribution < 1.29 is 14.4 Å². The molecule has 20 heavy (non-hydrogen) atoms. The third kappa shape index (κ3) is 3.77. The highest BCUT2D eigenvalue weighted by atomic mass is 16.6. The zero-order valence-corrected chi connectivity index (χ0v) is 11.4. The molecule has 0 radical (unpaired) electrons. The SMILES string of the molecule is CCNc1ncc([N+](=O)[O-])c(OCC2CCOCC2)n1. The molecule has 110 valence electrons. The van der Waals surface area contributed by atoms with Crippen molar-refractivity contribution in [3.63, 3.8) is 0 Å². The molecule has 0 amide bonds. The van der Waals surface area contributed by atoms with E-state index < -0.39 is 4.92 Å². The number of aromatic nitrogens is 2. The van der Waals surface area contributed by atoms with Gasteiger partial charge in [0.25, 0.3) is 5.88 Å². The number of rotatable bonds is 6. The zero-order chi connectivity index (χ0) is 14.4. The van der Waals surface area contributed by atoms with E-state index in [1.54, 1.807) is 0 Å². The predicted molar refractivity (Wildman–Crippen MR) is 71.9 cm³/mol. The van der Waals surface area contributed by atoms with E-state index in [-0.39, 0.29) is 11.6 Å². The number of nitro groups is 1. The minimum Gasteiger partial charge on any atom is -0.472 e. The second-order valence-electron chi connectivity index (χ2n) is 4.54. The Bertz CT molecular complexity index is 463. The van der Waals surface area contributed by atoms with E-state index in [2.05, 4.69) is 15.3 Å². The highest BCUT2D eigenvalue weighted by Crippen LogP contribution is 2.26. The molecule has 8 nitrogen and oxygen atoms in total. The maximum absolute atomic E-state index is 10.9. The molecular formula is C12H18N4O4. The molecule has 0 atom stereocenters. The van der Waals surface area contributed by atoms with Crippen molar-refractivity contribution in [3.05, 3.63) is 16.3 Å². The molecule has 1 N–H and O–H groups in total. The summed E-state index contributed by atoms with van der Waals surface area (Å²) in [6.07, 6.45) is 2.97. The quantitative estimate of drug-likeness (QED) is 0.625. The van der Waals surface area contributed by atoms with Crippen molar-refractivity contribution in [2.45, 2.75) is 19.8 Å². The third-order valence-corrected chi connectivity index (χ3v) is 3.06. The maximum Gasteiger partial charge on any atom is 0.349 e. The minimum atomic E-state index is -0.533. The van der Waals surface area contributed by atoms with Crippen molar-refractivity contribution in [1.29, 1.82) is 0 Å². The summed E-state index contributed by atoms with van der Waals surface area (Å²) in [5.41, 5.74) is -0.210. The third-order valence-electron chi connectivity index (χ3n) is 3.06. The number of hydrogen-bond donors (Lipinski definition) is 1. The molecule has 1 saturated heterocycles. The number of anilines is 1. The minimum absolute atomic E-state index is 0.0208. The lowest BCUT2D eigenvalue weighted by Crippen LogP contribution is -2.22. The van der Waals surface area contributed by atoms with E-state index in [4.69, 9.17) is 9.47 Å². The molecular weight excluding hydrogens is 264 g/mol. The molecule has 1 aromatic heterocycles. The lowest BCUT2D eigenvalue weighted by Gasteiger charge is -2.21. The molecule has 0 aliphatic carbocycles. The van der Waals surface area contributed by atoms with Crippen LogP contribution in [-0.2, 0) is 4.74 Å². The van der Waals surface area contributed by atoms with Gasteiger partial charge in [0.2, 0.25) is 5.95 Å². The Hall–Kier alpha value is -1.96. The summed E-state index contributed by atoms with van der Waals surface area (Å²) in [5.74, 6) is 0.702. The van der Waals surface area contributed by atoms with Crippen LogP contribution in [0.2, 0.25) is 0 Å². The van der Waals surface area contributed by atoms with Gasteiger partial charge in [0, 0.05) is 19.8 Å². The summed E-state index contributed by atoms with van der Waals surface area (Å²) < 4.78 is 10.8. The van der Waals surface area contributed by atoms with E-state index in [1.165, 1.54) is 6.20 Å². The van der Waals surface area contributed by atoms with E-state index in [9.17, 15) is 10.1 Å². The molecule has 2 rings (SSSR count). The molecule has 0 bridgehead atoms. The van der Waals surface area contributed by atoms with Crippen LogP contribution >= 0.6 is 0 Å². The Balaban J connectivity index is 2.06.